The van der Waals surface area contributed by atoms with E-state index in [-0.39, 0.29) is 11.9 Å². The number of halogens is 4. The predicted molar refractivity (Wildman–Crippen MR) is 71.5 cm³/mol. The second kappa shape index (κ2) is 6.32. The van der Waals surface area contributed by atoms with Crippen molar-refractivity contribution in [2.45, 2.75) is 25.4 Å². The molecule has 1 atom stereocenters. The molecule has 0 aromatic heterocycles. The second-order valence-electron chi connectivity index (χ2n) is 4.68. The molecule has 1 aliphatic heterocycles. The summed E-state index contributed by atoms with van der Waals surface area (Å²) in [5.74, 6) is -0.151. The molecule has 1 heterocycles. The smallest absolute Gasteiger partial charge is 0.405 e. The lowest BCUT2D eigenvalue weighted by molar-refractivity contribution is -0.275. The van der Waals surface area contributed by atoms with Crippen LogP contribution in [-0.2, 0) is 11.3 Å². The third-order valence-electron chi connectivity index (χ3n) is 3.20. The van der Waals surface area contributed by atoms with E-state index in [0.29, 0.717) is 18.7 Å². The van der Waals surface area contributed by atoms with Gasteiger partial charge in [-0.15, -0.1) is 13.2 Å². The molecule has 0 radical (unpaired) electrons. The van der Waals surface area contributed by atoms with Gasteiger partial charge in [0.15, 0.2) is 0 Å². The maximum atomic E-state index is 12.4. The van der Waals surface area contributed by atoms with E-state index in [2.05, 4.69) is 25.6 Å². The highest BCUT2D eigenvalue weighted by molar-refractivity contribution is 9.10. The van der Waals surface area contributed by atoms with E-state index in [0.717, 1.165) is 17.4 Å². The molecule has 0 amide bonds. The van der Waals surface area contributed by atoms with E-state index >= 15 is 0 Å². The van der Waals surface area contributed by atoms with Crippen LogP contribution in [0.25, 0.3) is 0 Å². The quantitative estimate of drug-likeness (QED) is 0.825. The van der Waals surface area contributed by atoms with Crippen LogP contribution in [0.15, 0.2) is 22.7 Å². The molecule has 0 spiro atoms. The molecule has 0 bridgehead atoms. The maximum Gasteiger partial charge on any atom is 0.573 e. The molecule has 112 valence electrons. The normalized spacial score (nSPS) is 20.4. The minimum absolute atomic E-state index is 0.147. The molecule has 1 saturated heterocycles. The molecular weight excluding hydrogens is 339 g/mol. The zero-order valence-electron chi connectivity index (χ0n) is 10.9. The van der Waals surface area contributed by atoms with Gasteiger partial charge in [-0.2, -0.15) is 0 Å². The summed E-state index contributed by atoms with van der Waals surface area (Å²) in [5.41, 5.74) is 0.508. The Bertz CT molecular complexity index is 467. The number of methoxy groups -OCH3 is 1. The number of benzene rings is 1. The summed E-state index contributed by atoms with van der Waals surface area (Å²) >= 11 is 3.27. The van der Waals surface area contributed by atoms with Crippen LogP contribution in [0.5, 0.6) is 5.75 Å². The van der Waals surface area contributed by atoms with Gasteiger partial charge in [-0.05, 0) is 24.6 Å². The van der Waals surface area contributed by atoms with E-state index in [1.165, 1.54) is 12.1 Å². The van der Waals surface area contributed by atoms with E-state index in [1.807, 2.05) is 0 Å². The van der Waals surface area contributed by atoms with Gasteiger partial charge in [0.1, 0.15) is 5.75 Å². The van der Waals surface area contributed by atoms with Crippen LogP contribution in [0.4, 0.5) is 13.2 Å². The Kier molecular flexibility index (Phi) is 4.93. The molecule has 2 rings (SSSR count). The molecule has 3 nitrogen and oxygen atoms in total. The van der Waals surface area contributed by atoms with Crippen molar-refractivity contribution in [3.8, 4) is 5.75 Å². The molecule has 1 aromatic rings. The van der Waals surface area contributed by atoms with Gasteiger partial charge in [0.25, 0.3) is 0 Å². The first-order chi connectivity index (χ1) is 9.37. The lowest BCUT2D eigenvalue weighted by Crippen LogP contribution is -2.24. The Morgan fingerprint density at radius 3 is 2.75 bits per heavy atom. The SMILES string of the molecule is COC1CCN(Cc2cc(Br)ccc2OC(F)(F)F)C1. The number of hydrogen-bond acceptors (Lipinski definition) is 3. The molecule has 1 aromatic carbocycles. The summed E-state index contributed by atoms with van der Waals surface area (Å²) in [6.45, 7) is 1.93. The minimum Gasteiger partial charge on any atom is -0.405 e. The number of likely N-dealkylation sites (tertiary alicyclic amines) is 1. The van der Waals surface area contributed by atoms with Gasteiger partial charge in [-0.3, -0.25) is 4.90 Å². The number of nitrogens with zero attached hydrogens (tertiary/aromatic N) is 1. The molecule has 1 fully saturated rings. The van der Waals surface area contributed by atoms with Crippen LogP contribution in [0.1, 0.15) is 12.0 Å². The van der Waals surface area contributed by atoms with Gasteiger partial charge in [0, 0.05) is 36.8 Å². The second-order valence-corrected chi connectivity index (χ2v) is 5.60. The van der Waals surface area contributed by atoms with Crippen LogP contribution in [0.2, 0.25) is 0 Å². The Balaban J connectivity index is 2.11. The number of ether oxygens (including phenoxy) is 2. The van der Waals surface area contributed by atoms with Gasteiger partial charge < -0.3 is 9.47 Å². The summed E-state index contributed by atoms with van der Waals surface area (Å²) in [6, 6.07) is 4.52. The van der Waals surface area contributed by atoms with Crippen molar-refractivity contribution in [3.05, 3.63) is 28.2 Å². The van der Waals surface area contributed by atoms with Crippen molar-refractivity contribution in [1.29, 1.82) is 0 Å². The lowest BCUT2D eigenvalue weighted by Gasteiger charge is -2.19. The van der Waals surface area contributed by atoms with Crippen LogP contribution >= 0.6 is 15.9 Å². The van der Waals surface area contributed by atoms with E-state index in [4.69, 9.17) is 4.74 Å². The average molecular weight is 354 g/mol. The average Bonchev–Trinajstić information content (AvgIpc) is 2.79. The third-order valence-corrected chi connectivity index (χ3v) is 3.70. The zero-order chi connectivity index (χ0) is 14.8. The maximum absolute atomic E-state index is 12.4. The van der Waals surface area contributed by atoms with Gasteiger partial charge in [0.05, 0.1) is 6.10 Å². The van der Waals surface area contributed by atoms with Gasteiger partial charge in [0.2, 0.25) is 0 Å². The molecule has 1 unspecified atom stereocenters. The number of alkyl halides is 3. The first-order valence-electron chi connectivity index (χ1n) is 6.16. The molecule has 0 aliphatic carbocycles. The molecule has 7 heteroatoms. The highest BCUT2D eigenvalue weighted by Gasteiger charge is 2.32. The van der Waals surface area contributed by atoms with E-state index < -0.39 is 6.36 Å². The topological polar surface area (TPSA) is 21.7 Å². The summed E-state index contributed by atoms with van der Waals surface area (Å²) in [6.07, 6.45) is -3.64. The largest absolute Gasteiger partial charge is 0.573 e. The highest BCUT2D eigenvalue weighted by Crippen LogP contribution is 2.30. The third kappa shape index (κ3) is 4.36. The fourth-order valence-electron chi connectivity index (χ4n) is 2.27. The fraction of sp³-hybridized carbons (Fsp3) is 0.538. The van der Waals surface area contributed by atoms with Crippen LogP contribution < -0.4 is 4.74 Å². The van der Waals surface area contributed by atoms with Crippen molar-refractivity contribution in [2.75, 3.05) is 20.2 Å². The first kappa shape index (κ1) is 15.6. The zero-order valence-corrected chi connectivity index (χ0v) is 12.5. The standard InChI is InChI=1S/C13H15BrF3NO2/c1-19-11-4-5-18(8-11)7-9-6-10(14)2-3-12(9)20-13(15,16)17/h2-3,6,11H,4-5,7-8H2,1H3. The minimum atomic E-state index is -4.68. The Morgan fingerprint density at radius 2 is 2.15 bits per heavy atom. The van der Waals surface area contributed by atoms with Crippen molar-refractivity contribution in [1.82, 2.24) is 4.90 Å². The predicted octanol–water partition coefficient (Wildman–Crippen LogP) is 3.57. The lowest BCUT2D eigenvalue weighted by atomic mass is 10.2. The highest BCUT2D eigenvalue weighted by atomic mass is 79.9. The van der Waals surface area contributed by atoms with Crippen LogP contribution in [-0.4, -0.2) is 37.6 Å². The molecule has 20 heavy (non-hydrogen) atoms. The summed E-state index contributed by atoms with van der Waals surface area (Å²) < 4.78 is 47.2. The van der Waals surface area contributed by atoms with Gasteiger partial charge >= 0.3 is 6.36 Å². The van der Waals surface area contributed by atoms with Crippen molar-refractivity contribution in [3.63, 3.8) is 0 Å². The summed E-state index contributed by atoms with van der Waals surface area (Å²) in [5, 5.41) is 0. The fourth-order valence-corrected chi connectivity index (χ4v) is 2.68. The first-order valence-corrected chi connectivity index (χ1v) is 6.96. The van der Waals surface area contributed by atoms with E-state index in [9.17, 15) is 13.2 Å². The Labute approximate surface area is 123 Å². The van der Waals surface area contributed by atoms with Crippen molar-refractivity contribution < 1.29 is 22.6 Å². The molecular formula is C13H15BrF3NO2. The van der Waals surface area contributed by atoms with Crippen molar-refractivity contribution in [2.24, 2.45) is 0 Å². The molecule has 0 saturated carbocycles. The summed E-state index contributed by atoms with van der Waals surface area (Å²) in [7, 11) is 1.64. The van der Waals surface area contributed by atoms with Gasteiger partial charge in [-0.1, -0.05) is 15.9 Å². The molecule has 1 aliphatic rings. The Hall–Kier alpha value is -0.790. The summed E-state index contributed by atoms with van der Waals surface area (Å²) in [4.78, 5) is 2.05. The van der Waals surface area contributed by atoms with Gasteiger partial charge in [-0.25, -0.2) is 0 Å². The van der Waals surface area contributed by atoms with Crippen LogP contribution in [0.3, 0.4) is 0 Å². The number of rotatable bonds is 4. The monoisotopic (exact) mass is 353 g/mol. The van der Waals surface area contributed by atoms with Crippen LogP contribution in [0, 0.1) is 0 Å². The Morgan fingerprint density at radius 1 is 1.40 bits per heavy atom. The molecule has 0 N–H and O–H groups in total. The van der Waals surface area contributed by atoms with E-state index in [1.54, 1.807) is 13.2 Å². The van der Waals surface area contributed by atoms with Crippen molar-refractivity contribution >= 4 is 15.9 Å². The number of hydrogen-bond donors (Lipinski definition) is 0.